The lowest BCUT2D eigenvalue weighted by atomic mass is 9.81. The van der Waals surface area contributed by atoms with Crippen LogP contribution in [0.5, 0.6) is 0 Å². The van der Waals surface area contributed by atoms with Crippen molar-refractivity contribution in [3.63, 3.8) is 0 Å². The van der Waals surface area contributed by atoms with E-state index in [1.165, 1.54) is 11.3 Å². The molecule has 2 fully saturated rings. The van der Waals surface area contributed by atoms with Crippen LogP contribution in [-0.2, 0) is 9.59 Å². The van der Waals surface area contributed by atoms with E-state index in [-0.39, 0.29) is 30.1 Å². The van der Waals surface area contributed by atoms with Gasteiger partial charge in [-0.25, -0.2) is 0 Å². The molecule has 2 aliphatic heterocycles. The fourth-order valence-electron chi connectivity index (χ4n) is 4.28. The van der Waals surface area contributed by atoms with Crippen LogP contribution in [0.4, 0.5) is 0 Å². The standard InChI is InChI=1S/C20H29N3O4S/c1-15(24)22-10-8-21(9-11-22)6-4-17-14-23(7-5-16(17)13-19(25)26)20(27)18-3-2-12-28-18/h2-3,12,16-17H,4-11,13-14H2,1H3,(H,25,26)/t16-,17-/m0/s1. The molecule has 0 saturated carbocycles. The maximum Gasteiger partial charge on any atom is 0.303 e. The Bertz CT molecular complexity index is 686. The van der Waals surface area contributed by atoms with Gasteiger partial charge in [-0.05, 0) is 42.7 Å². The number of carboxylic acids is 1. The van der Waals surface area contributed by atoms with Gasteiger partial charge >= 0.3 is 5.97 Å². The fourth-order valence-corrected chi connectivity index (χ4v) is 4.97. The average Bonchev–Trinajstić information content (AvgIpc) is 3.21. The molecular formula is C20H29N3O4S. The Morgan fingerprint density at radius 2 is 1.86 bits per heavy atom. The number of piperidine rings is 1. The van der Waals surface area contributed by atoms with Crippen LogP contribution in [0.15, 0.2) is 17.5 Å². The lowest BCUT2D eigenvalue weighted by Gasteiger charge is -2.40. The fraction of sp³-hybridized carbons (Fsp3) is 0.650. The second-order valence-electron chi connectivity index (χ2n) is 7.77. The van der Waals surface area contributed by atoms with Gasteiger partial charge in [-0.1, -0.05) is 6.07 Å². The first kappa shape index (κ1) is 20.8. The van der Waals surface area contributed by atoms with Gasteiger partial charge in [0.15, 0.2) is 0 Å². The Morgan fingerprint density at radius 1 is 1.11 bits per heavy atom. The van der Waals surface area contributed by atoms with Crippen LogP contribution < -0.4 is 0 Å². The van der Waals surface area contributed by atoms with Crippen molar-refractivity contribution in [1.29, 1.82) is 0 Å². The van der Waals surface area contributed by atoms with Crippen molar-refractivity contribution in [2.24, 2.45) is 11.8 Å². The van der Waals surface area contributed by atoms with Crippen LogP contribution in [0.2, 0.25) is 0 Å². The minimum absolute atomic E-state index is 0.0591. The molecule has 1 aromatic heterocycles. The molecule has 1 aromatic rings. The van der Waals surface area contributed by atoms with Crippen LogP contribution >= 0.6 is 11.3 Å². The van der Waals surface area contributed by atoms with E-state index in [0.717, 1.165) is 50.4 Å². The number of carbonyl (C=O) groups is 3. The molecule has 2 saturated heterocycles. The zero-order chi connectivity index (χ0) is 20.1. The third-order valence-electron chi connectivity index (χ3n) is 5.98. The van der Waals surface area contributed by atoms with Gasteiger partial charge in [0.2, 0.25) is 5.91 Å². The number of thiophene rings is 1. The van der Waals surface area contributed by atoms with Gasteiger partial charge in [0.1, 0.15) is 0 Å². The Labute approximate surface area is 169 Å². The Kier molecular flexibility index (Phi) is 7.07. The van der Waals surface area contributed by atoms with E-state index in [4.69, 9.17) is 0 Å². The molecule has 0 bridgehead atoms. The monoisotopic (exact) mass is 407 g/mol. The number of nitrogens with zero attached hydrogens (tertiary/aromatic N) is 3. The minimum atomic E-state index is -0.761. The van der Waals surface area contributed by atoms with Gasteiger partial charge < -0.3 is 14.9 Å². The number of carboxylic acid groups (broad SMARTS) is 1. The Balaban J connectivity index is 1.57. The quantitative estimate of drug-likeness (QED) is 0.778. The molecule has 154 valence electrons. The molecule has 3 heterocycles. The highest BCUT2D eigenvalue weighted by Crippen LogP contribution is 2.30. The molecule has 2 aliphatic rings. The molecule has 3 rings (SSSR count). The van der Waals surface area contributed by atoms with E-state index in [0.29, 0.717) is 13.1 Å². The summed E-state index contributed by atoms with van der Waals surface area (Å²) in [5, 5.41) is 11.2. The number of likely N-dealkylation sites (tertiary alicyclic amines) is 1. The minimum Gasteiger partial charge on any atom is -0.481 e. The van der Waals surface area contributed by atoms with Gasteiger partial charge in [0, 0.05) is 52.6 Å². The van der Waals surface area contributed by atoms with E-state index in [1.807, 2.05) is 27.3 Å². The summed E-state index contributed by atoms with van der Waals surface area (Å²) in [5.74, 6) is -0.272. The highest BCUT2D eigenvalue weighted by atomic mass is 32.1. The van der Waals surface area contributed by atoms with Gasteiger partial charge in [-0.3, -0.25) is 19.3 Å². The summed E-state index contributed by atoms with van der Waals surface area (Å²) < 4.78 is 0. The molecule has 0 aromatic carbocycles. The van der Waals surface area contributed by atoms with E-state index >= 15 is 0 Å². The predicted molar refractivity (Wildman–Crippen MR) is 107 cm³/mol. The molecule has 0 radical (unpaired) electrons. The number of hydrogen-bond acceptors (Lipinski definition) is 5. The lowest BCUT2D eigenvalue weighted by molar-refractivity contribution is -0.139. The third-order valence-corrected chi connectivity index (χ3v) is 6.84. The highest BCUT2D eigenvalue weighted by Gasteiger charge is 2.33. The molecule has 1 N–H and O–H groups in total. The first-order chi connectivity index (χ1) is 13.4. The Morgan fingerprint density at radius 3 is 2.46 bits per heavy atom. The topological polar surface area (TPSA) is 81.2 Å². The first-order valence-corrected chi connectivity index (χ1v) is 10.8. The lowest BCUT2D eigenvalue weighted by Crippen LogP contribution is -2.49. The maximum absolute atomic E-state index is 12.7. The van der Waals surface area contributed by atoms with Crippen molar-refractivity contribution < 1.29 is 19.5 Å². The number of carbonyl (C=O) groups excluding carboxylic acids is 2. The van der Waals surface area contributed by atoms with Gasteiger partial charge in [-0.15, -0.1) is 11.3 Å². The second-order valence-corrected chi connectivity index (χ2v) is 8.72. The molecule has 7 nitrogen and oxygen atoms in total. The summed E-state index contributed by atoms with van der Waals surface area (Å²) in [4.78, 5) is 42.3. The summed E-state index contributed by atoms with van der Waals surface area (Å²) >= 11 is 1.45. The molecule has 2 atom stereocenters. The SMILES string of the molecule is CC(=O)N1CCN(CC[C@H]2CN(C(=O)c3cccs3)CC[C@H]2CC(=O)O)CC1. The van der Waals surface area contributed by atoms with E-state index in [9.17, 15) is 19.5 Å². The maximum atomic E-state index is 12.7. The second kappa shape index (κ2) is 9.52. The number of piperazine rings is 1. The number of aliphatic carboxylic acids is 1. The molecule has 0 unspecified atom stereocenters. The van der Waals surface area contributed by atoms with Crippen LogP contribution in [-0.4, -0.2) is 83.4 Å². The molecular weight excluding hydrogens is 378 g/mol. The zero-order valence-corrected chi connectivity index (χ0v) is 17.2. The van der Waals surface area contributed by atoms with Crippen LogP contribution in [0.3, 0.4) is 0 Å². The number of rotatable bonds is 6. The number of hydrogen-bond donors (Lipinski definition) is 1. The summed E-state index contributed by atoms with van der Waals surface area (Å²) in [6.07, 6.45) is 1.79. The third kappa shape index (κ3) is 5.32. The first-order valence-electron chi connectivity index (χ1n) is 9.96. The van der Waals surface area contributed by atoms with Crippen LogP contribution in [0, 0.1) is 11.8 Å². The predicted octanol–water partition coefficient (Wildman–Crippen LogP) is 1.86. The van der Waals surface area contributed by atoms with E-state index < -0.39 is 5.97 Å². The summed E-state index contributed by atoms with van der Waals surface area (Å²) in [6.45, 7) is 6.95. The average molecular weight is 408 g/mol. The smallest absolute Gasteiger partial charge is 0.303 e. The van der Waals surface area contributed by atoms with Crippen molar-refractivity contribution >= 4 is 29.1 Å². The van der Waals surface area contributed by atoms with Crippen LogP contribution in [0.25, 0.3) is 0 Å². The van der Waals surface area contributed by atoms with Gasteiger partial charge in [0.05, 0.1) is 4.88 Å². The van der Waals surface area contributed by atoms with Gasteiger partial charge in [-0.2, -0.15) is 0 Å². The summed E-state index contributed by atoms with van der Waals surface area (Å²) in [5.41, 5.74) is 0. The molecule has 8 heteroatoms. The van der Waals surface area contributed by atoms with Crippen molar-refractivity contribution in [3.8, 4) is 0 Å². The zero-order valence-electron chi connectivity index (χ0n) is 16.4. The molecule has 0 aliphatic carbocycles. The summed E-state index contributed by atoms with van der Waals surface area (Å²) in [6, 6.07) is 3.73. The molecule has 28 heavy (non-hydrogen) atoms. The van der Waals surface area contributed by atoms with Gasteiger partial charge in [0.25, 0.3) is 5.91 Å². The number of amides is 2. The largest absolute Gasteiger partial charge is 0.481 e. The van der Waals surface area contributed by atoms with Crippen LogP contribution in [0.1, 0.15) is 35.9 Å². The summed E-state index contributed by atoms with van der Waals surface area (Å²) in [7, 11) is 0. The van der Waals surface area contributed by atoms with E-state index in [2.05, 4.69) is 4.90 Å². The van der Waals surface area contributed by atoms with Crippen molar-refractivity contribution in [2.45, 2.75) is 26.2 Å². The van der Waals surface area contributed by atoms with E-state index in [1.54, 1.807) is 6.92 Å². The normalized spacial score (nSPS) is 23.6. The van der Waals surface area contributed by atoms with Crippen molar-refractivity contribution in [3.05, 3.63) is 22.4 Å². The molecule has 0 spiro atoms. The highest BCUT2D eigenvalue weighted by molar-refractivity contribution is 7.12. The molecule has 2 amide bonds. The van der Waals surface area contributed by atoms with Crippen molar-refractivity contribution in [1.82, 2.24) is 14.7 Å². The van der Waals surface area contributed by atoms with Crippen molar-refractivity contribution in [2.75, 3.05) is 45.8 Å². The Hall–Kier alpha value is -1.93.